The third-order valence-corrected chi connectivity index (χ3v) is 5.22. The minimum Gasteiger partial charge on any atom is -0.475 e. The number of benzene rings is 1. The number of carbonyl (C=O) groups is 3. The van der Waals surface area contributed by atoms with Gasteiger partial charge in [0.25, 0.3) is 0 Å². The number of rotatable bonds is 4. The lowest BCUT2D eigenvalue weighted by atomic mass is 10.0. The molecule has 2 fully saturated rings. The summed E-state index contributed by atoms with van der Waals surface area (Å²) in [6.07, 6.45) is -1.22. The number of halogens is 3. The molecule has 1 saturated heterocycles. The number of carboxylic acid groups (broad SMARTS) is 1. The predicted molar refractivity (Wildman–Crippen MR) is 100.0 cm³/mol. The molecule has 0 radical (unpaired) electrons. The van der Waals surface area contributed by atoms with E-state index in [1.165, 1.54) is 0 Å². The number of hydrogen-bond donors (Lipinski definition) is 2. The molecule has 1 aromatic rings. The predicted octanol–water partition coefficient (Wildman–Crippen LogP) is 2.48. The molecule has 166 valence electrons. The number of alkyl halides is 3. The molecule has 3 rings (SSSR count). The van der Waals surface area contributed by atoms with Crippen LogP contribution >= 0.6 is 0 Å². The Hall–Kier alpha value is -2.62. The topological polar surface area (TPSA) is 110 Å². The van der Waals surface area contributed by atoms with Gasteiger partial charge in [0.05, 0.1) is 6.04 Å². The minimum absolute atomic E-state index is 0.138. The second-order valence-electron chi connectivity index (χ2n) is 7.44. The van der Waals surface area contributed by atoms with E-state index in [0.717, 1.165) is 24.8 Å². The van der Waals surface area contributed by atoms with Crippen molar-refractivity contribution in [2.24, 2.45) is 11.7 Å². The van der Waals surface area contributed by atoms with Gasteiger partial charge in [-0.25, -0.2) is 9.59 Å². The molecule has 1 saturated carbocycles. The van der Waals surface area contributed by atoms with E-state index in [-0.39, 0.29) is 24.5 Å². The minimum atomic E-state index is -5.08. The summed E-state index contributed by atoms with van der Waals surface area (Å²) in [5.41, 5.74) is 6.73. The molecule has 0 aromatic heterocycles. The number of fused-ring (bicyclic) bond motifs is 1. The zero-order valence-corrected chi connectivity index (χ0v) is 16.5. The normalized spacial score (nSPS) is 23.8. The summed E-state index contributed by atoms with van der Waals surface area (Å²) in [6, 6.07) is 8.67. The molecular formula is C20H25F3N2O5. The molecule has 1 heterocycles. The first-order chi connectivity index (χ1) is 14.0. The third-order valence-electron chi connectivity index (χ3n) is 5.22. The molecule has 30 heavy (non-hydrogen) atoms. The highest BCUT2D eigenvalue weighted by atomic mass is 19.4. The number of carboxylic acids is 1. The second kappa shape index (κ2) is 9.92. The molecule has 0 bridgehead atoms. The summed E-state index contributed by atoms with van der Waals surface area (Å²) in [7, 11) is 0. The van der Waals surface area contributed by atoms with E-state index in [1.54, 1.807) is 11.8 Å². The van der Waals surface area contributed by atoms with Gasteiger partial charge in [-0.1, -0.05) is 36.8 Å². The van der Waals surface area contributed by atoms with E-state index < -0.39 is 24.2 Å². The van der Waals surface area contributed by atoms with Crippen LogP contribution in [0.4, 0.5) is 13.2 Å². The van der Waals surface area contributed by atoms with Crippen molar-refractivity contribution in [3.63, 3.8) is 0 Å². The Morgan fingerprint density at radius 1 is 1.23 bits per heavy atom. The highest BCUT2D eigenvalue weighted by Gasteiger charge is 2.49. The van der Waals surface area contributed by atoms with E-state index in [9.17, 15) is 22.8 Å². The maximum absolute atomic E-state index is 12.5. The van der Waals surface area contributed by atoms with Crippen molar-refractivity contribution >= 4 is 17.8 Å². The van der Waals surface area contributed by atoms with Crippen LogP contribution in [0, 0.1) is 5.92 Å². The van der Waals surface area contributed by atoms with Gasteiger partial charge in [0, 0.05) is 6.04 Å². The van der Waals surface area contributed by atoms with Crippen LogP contribution in [0.15, 0.2) is 30.3 Å². The van der Waals surface area contributed by atoms with E-state index >= 15 is 0 Å². The standard InChI is InChI=1S/C18H24N2O3.C2HF3O2/c1-12(19)17(21)20-15-9-5-8-14(15)10-16(20)18(22)23-11-13-6-3-2-4-7-13;3-2(4,5)1(6)7/h2-4,6-7,12,14-16H,5,8-11,19H2,1H3;(H,6,7)/t12?,14-,15-,16-;/m0./s1. The first-order valence-corrected chi connectivity index (χ1v) is 9.60. The Kier molecular flexibility index (Phi) is 7.83. The van der Waals surface area contributed by atoms with Crippen molar-refractivity contribution in [3.8, 4) is 0 Å². The molecule has 10 heteroatoms. The molecule has 0 spiro atoms. The summed E-state index contributed by atoms with van der Waals surface area (Å²) in [5, 5.41) is 7.12. The van der Waals surface area contributed by atoms with E-state index in [1.807, 2.05) is 30.3 Å². The van der Waals surface area contributed by atoms with Crippen LogP contribution in [0.25, 0.3) is 0 Å². The summed E-state index contributed by atoms with van der Waals surface area (Å²) in [6.45, 7) is 1.92. The van der Waals surface area contributed by atoms with Gasteiger partial charge in [-0.2, -0.15) is 13.2 Å². The van der Waals surface area contributed by atoms with Gasteiger partial charge in [-0.05, 0) is 37.7 Å². The van der Waals surface area contributed by atoms with E-state index in [4.69, 9.17) is 20.4 Å². The van der Waals surface area contributed by atoms with Crippen LogP contribution in [-0.2, 0) is 25.7 Å². The average molecular weight is 430 g/mol. The Morgan fingerprint density at radius 3 is 2.37 bits per heavy atom. The van der Waals surface area contributed by atoms with Crippen LogP contribution in [0.2, 0.25) is 0 Å². The number of esters is 1. The molecule has 1 amide bonds. The van der Waals surface area contributed by atoms with Crippen LogP contribution in [0.5, 0.6) is 0 Å². The quantitative estimate of drug-likeness (QED) is 0.711. The smallest absolute Gasteiger partial charge is 0.475 e. The molecule has 1 unspecified atom stereocenters. The molecule has 3 N–H and O–H groups in total. The van der Waals surface area contributed by atoms with Crippen molar-refractivity contribution in [3.05, 3.63) is 35.9 Å². The summed E-state index contributed by atoms with van der Waals surface area (Å²) < 4.78 is 37.2. The third kappa shape index (κ3) is 5.94. The number of amides is 1. The van der Waals surface area contributed by atoms with Gasteiger partial charge in [0.1, 0.15) is 12.6 Å². The van der Waals surface area contributed by atoms with E-state index in [2.05, 4.69) is 0 Å². The molecule has 7 nitrogen and oxygen atoms in total. The monoisotopic (exact) mass is 430 g/mol. The van der Waals surface area contributed by atoms with Crippen LogP contribution in [0.3, 0.4) is 0 Å². The maximum Gasteiger partial charge on any atom is 0.490 e. The number of nitrogens with zero attached hydrogens (tertiary/aromatic N) is 1. The van der Waals surface area contributed by atoms with Gasteiger partial charge in [0.15, 0.2) is 0 Å². The number of ether oxygens (including phenoxy) is 1. The van der Waals surface area contributed by atoms with Crippen LogP contribution < -0.4 is 5.73 Å². The summed E-state index contributed by atoms with van der Waals surface area (Å²) in [4.78, 5) is 35.6. The fourth-order valence-corrected chi connectivity index (χ4v) is 3.88. The van der Waals surface area contributed by atoms with Crippen molar-refractivity contribution in [2.45, 2.75) is 63.5 Å². The average Bonchev–Trinajstić information content (AvgIpc) is 3.27. The van der Waals surface area contributed by atoms with Crippen molar-refractivity contribution in [1.82, 2.24) is 4.90 Å². The van der Waals surface area contributed by atoms with Crippen molar-refractivity contribution in [1.29, 1.82) is 0 Å². The zero-order chi connectivity index (χ0) is 22.5. The molecule has 4 atom stereocenters. The zero-order valence-electron chi connectivity index (χ0n) is 16.5. The molecule has 1 aromatic carbocycles. The number of aliphatic carboxylic acids is 1. The number of likely N-dealkylation sites (tertiary alicyclic amines) is 1. The van der Waals surface area contributed by atoms with Crippen LogP contribution in [0.1, 0.15) is 38.2 Å². The van der Waals surface area contributed by atoms with E-state index in [0.29, 0.717) is 12.3 Å². The second-order valence-corrected chi connectivity index (χ2v) is 7.44. The molecule has 1 aliphatic heterocycles. The summed E-state index contributed by atoms with van der Waals surface area (Å²) >= 11 is 0. The number of carbonyl (C=O) groups excluding carboxylic acids is 2. The Bertz CT molecular complexity index is 755. The van der Waals surface area contributed by atoms with Crippen molar-refractivity contribution in [2.75, 3.05) is 0 Å². The lowest BCUT2D eigenvalue weighted by molar-refractivity contribution is -0.192. The van der Waals surface area contributed by atoms with Crippen molar-refractivity contribution < 1.29 is 37.4 Å². The largest absolute Gasteiger partial charge is 0.490 e. The Balaban J connectivity index is 0.000000396. The number of nitrogens with two attached hydrogens (primary N) is 1. The Morgan fingerprint density at radius 2 is 1.83 bits per heavy atom. The first kappa shape index (κ1) is 23.7. The van der Waals surface area contributed by atoms with Gasteiger partial charge in [-0.3, -0.25) is 4.79 Å². The molecule has 1 aliphatic carbocycles. The highest BCUT2D eigenvalue weighted by Crippen LogP contribution is 2.41. The SMILES string of the molecule is CC(N)C(=O)N1[C@H](C(=O)OCc2ccccc2)C[C@@H]2CCC[C@@H]21.O=C(O)C(F)(F)F. The highest BCUT2D eigenvalue weighted by molar-refractivity contribution is 5.88. The molecule has 2 aliphatic rings. The van der Waals surface area contributed by atoms with Gasteiger partial charge >= 0.3 is 18.1 Å². The summed E-state index contributed by atoms with van der Waals surface area (Å²) in [5.74, 6) is -2.79. The first-order valence-electron chi connectivity index (χ1n) is 9.60. The van der Waals surface area contributed by atoms with Crippen LogP contribution in [-0.4, -0.2) is 52.2 Å². The Labute approximate surface area is 172 Å². The fourth-order valence-electron chi connectivity index (χ4n) is 3.88. The maximum atomic E-state index is 12.5. The molecular weight excluding hydrogens is 405 g/mol. The van der Waals surface area contributed by atoms with Gasteiger partial charge in [-0.15, -0.1) is 0 Å². The lowest BCUT2D eigenvalue weighted by Gasteiger charge is -2.30. The fraction of sp³-hybridized carbons (Fsp3) is 0.550. The lowest BCUT2D eigenvalue weighted by Crippen LogP contribution is -2.51. The van der Waals surface area contributed by atoms with Gasteiger partial charge < -0.3 is 20.5 Å². The number of hydrogen-bond acceptors (Lipinski definition) is 5. The van der Waals surface area contributed by atoms with Gasteiger partial charge in [0.2, 0.25) is 5.91 Å².